The number of benzene rings is 2. The molecule has 0 aliphatic carbocycles. The third-order valence-electron chi connectivity index (χ3n) is 6.48. The Morgan fingerprint density at radius 1 is 1.14 bits per heavy atom. The summed E-state index contributed by atoms with van der Waals surface area (Å²) in [5.74, 6) is 1.03. The Morgan fingerprint density at radius 3 is 2.62 bits per heavy atom. The first-order valence-corrected chi connectivity index (χ1v) is 12.2. The Kier molecular flexibility index (Phi) is 7.17. The highest BCUT2D eigenvalue weighted by atomic mass is 16.5. The number of aliphatic hydroxyl groups is 1. The van der Waals surface area contributed by atoms with Crippen LogP contribution in [0.25, 0.3) is 33.6 Å². The van der Waals surface area contributed by atoms with Gasteiger partial charge in [0.1, 0.15) is 29.2 Å². The van der Waals surface area contributed by atoms with Crippen molar-refractivity contribution in [3.8, 4) is 34.3 Å². The molecule has 1 N–H and O–H groups in total. The van der Waals surface area contributed by atoms with Gasteiger partial charge in [0.15, 0.2) is 5.58 Å². The van der Waals surface area contributed by atoms with E-state index in [2.05, 4.69) is 11.1 Å². The molecule has 0 atom stereocenters. The van der Waals surface area contributed by atoms with E-state index in [1.54, 1.807) is 25.4 Å². The van der Waals surface area contributed by atoms with Gasteiger partial charge >= 0.3 is 0 Å². The first-order valence-electron chi connectivity index (χ1n) is 12.2. The summed E-state index contributed by atoms with van der Waals surface area (Å²) in [6.45, 7) is 1.52. The number of aromatic nitrogens is 1. The second kappa shape index (κ2) is 10.8. The summed E-state index contributed by atoms with van der Waals surface area (Å²) in [5, 5.41) is 18.9. The quantitative estimate of drug-likeness (QED) is 0.396. The summed E-state index contributed by atoms with van der Waals surface area (Å²) in [7, 11) is 1.65. The molecule has 1 aliphatic heterocycles. The van der Waals surface area contributed by atoms with Crippen LogP contribution in [0.5, 0.6) is 5.75 Å². The van der Waals surface area contributed by atoms with Gasteiger partial charge in [-0.25, -0.2) is 0 Å². The van der Waals surface area contributed by atoms with Crippen molar-refractivity contribution >= 4 is 17.0 Å². The molecule has 0 spiro atoms. The fourth-order valence-corrected chi connectivity index (χ4v) is 4.42. The van der Waals surface area contributed by atoms with E-state index in [4.69, 9.17) is 19.0 Å². The van der Waals surface area contributed by atoms with Crippen LogP contribution in [-0.2, 0) is 4.74 Å². The Morgan fingerprint density at radius 2 is 1.89 bits per heavy atom. The van der Waals surface area contributed by atoms with Gasteiger partial charge in [0.05, 0.1) is 25.4 Å². The molecule has 8 nitrogen and oxygen atoms in total. The zero-order chi connectivity index (χ0) is 25.8. The lowest BCUT2D eigenvalue weighted by atomic mass is 10.0. The average molecular weight is 498 g/mol. The molecule has 3 heterocycles. The van der Waals surface area contributed by atoms with Crippen LogP contribution in [0.3, 0.4) is 0 Å². The van der Waals surface area contributed by atoms with Crippen LogP contribution < -0.4 is 4.74 Å². The van der Waals surface area contributed by atoms with Crippen LogP contribution >= 0.6 is 0 Å². The molecule has 37 heavy (non-hydrogen) atoms. The number of nitrogens with zero attached hydrogens (tertiary/aromatic N) is 3. The number of fused-ring (bicyclic) bond motifs is 1. The molecule has 4 aromatic rings. The minimum Gasteiger partial charge on any atom is -0.489 e. The summed E-state index contributed by atoms with van der Waals surface area (Å²) in [6, 6.07) is 18.7. The van der Waals surface area contributed by atoms with E-state index in [1.807, 2.05) is 42.5 Å². The van der Waals surface area contributed by atoms with Crippen LogP contribution in [0.2, 0.25) is 0 Å². The summed E-state index contributed by atoms with van der Waals surface area (Å²) in [5.41, 5.74) is 4.76. The number of aliphatic hydroxyl groups excluding tert-OH is 1. The maximum Gasteiger partial charge on any atom is 0.253 e. The molecule has 2 aromatic carbocycles. The van der Waals surface area contributed by atoms with E-state index in [0.717, 1.165) is 29.5 Å². The number of carbonyl (C=O) groups excluding carboxylic acids is 1. The van der Waals surface area contributed by atoms with Gasteiger partial charge in [0.2, 0.25) is 0 Å². The average Bonchev–Trinajstić information content (AvgIpc) is 3.38. The van der Waals surface area contributed by atoms with Crippen molar-refractivity contribution in [2.24, 2.45) is 0 Å². The van der Waals surface area contributed by atoms with Gasteiger partial charge in [-0.3, -0.25) is 9.78 Å². The molecule has 0 radical (unpaired) electrons. The maximum absolute atomic E-state index is 12.5. The van der Waals surface area contributed by atoms with Crippen molar-refractivity contribution in [3.63, 3.8) is 0 Å². The topological polar surface area (TPSA) is 109 Å². The van der Waals surface area contributed by atoms with E-state index >= 15 is 0 Å². The number of carbonyl (C=O) groups is 1. The number of nitriles is 1. The minimum absolute atomic E-state index is 0.0451. The SMILES string of the molecule is CN(CCO)C(=O)c1ccc(-c2cc3nccc(-c4ccc(OC5CCOCC5)c(C#N)c4)c3o2)cc1. The predicted octanol–water partition coefficient (Wildman–Crippen LogP) is 4.66. The zero-order valence-corrected chi connectivity index (χ0v) is 20.5. The van der Waals surface area contributed by atoms with Gasteiger partial charge < -0.3 is 23.9 Å². The number of likely N-dealkylation sites (N-methyl/N-ethyl adjacent to an activating group) is 1. The van der Waals surface area contributed by atoms with E-state index in [9.17, 15) is 10.1 Å². The second-order valence-corrected chi connectivity index (χ2v) is 8.96. The van der Waals surface area contributed by atoms with Crippen molar-refractivity contribution in [3.05, 3.63) is 71.9 Å². The maximum atomic E-state index is 12.5. The highest BCUT2D eigenvalue weighted by Crippen LogP contribution is 2.35. The summed E-state index contributed by atoms with van der Waals surface area (Å²) in [4.78, 5) is 18.4. The number of rotatable bonds is 7. The zero-order valence-electron chi connectivity index (χ0n) is 20.5. The molecule has 5 rings (SSSR count). The molecule has 0 unspecified atom stereocenters. The Hall–Kier alpha value is -4.19. The van der Waals surface area contributed by atoms with Crippen molar-refractivity contribution in [2.45, 2.75) is 18.9 Å². The number of amides is 1. The van der Waals surface area contributed by atoms with Crippen molar-refractivity contribution in [1.29, 1.82) is 5.26 Å². The number of hydrogen-bond donors (Lipinski definition) is 1. The molecule has 0 saturated carbocycles. The smallest absolute Gasteiger partial charge is 0.253 e. The molecule has 188 valence electrons. The molecule has 8 heteroatoms. The van der Waals surface area contributed by atoms with Crippen LogP contribution in [0, 0.1) is 11.3 Å². The van der Waals surface area contributed by atoms with E-state index in [1.165, 1.54) is 4.90 Å². The number of ether oxygens (including phenoxy) is 2. The largest absolute Gasteiger partial charge is 0.489 e. The van der Waals surface area contributed by atoms with Crippen LogP contribution in [-0.4, -0.2) is 60.4 Å². The van der Waals surface area contributed by atoms with Gasteiger partial charge in [-0.05, 0) is 35.9 Å². The fourth-order valence-electron chi connectivity index (χ4n) is 4.42. The summed E-state index contributed by atoms with van der Waals surface area (Å²) < 4.78 is 17.7. The van der Waals surface area contributed by atoms with E-state index in [-0.39, 0.29) is 25.2 Å². The van der Waals surface area contributed by atoms with E-state index < -0.39 is 0 Å². The van der Waals surface area contributed by atoms with Crippen molar-refractivity contribution in [2.75, 3.05) is 33.4 Å². The Labute approximate surface area is 214 Å². The van der Waals surface area contributed by atoms with Gasteiger partial charge in [-0.2, -0.15) is 5.26 Å². The standard InChI is InChI=1S/C29H27N3O5/c1-32(12-13-33)29(34)20-4-2-19(3-5-20)27-17-25-28(37-27)24(8-11-31-25)21-6-7-26(22(16-21)18-30)36-23-9-14-35-15-10-23/h2-8,11,16-17,23,33H,9-10,12-15H2,1H3. The Bertz CT molecular complexity index is 1450. The van der Waals surface area contributed by atoms with Gasteiger partial charge in [-0.1, -0.05) is 18.2 Å². The van der Waals surface area contributed by atoms with Gasteiger partial charge in [0.25, 0.3) is 5.91 Å². The third kappa shape index (κ3) is 5.19. The third-order valence-corrected chi connectivity index (χ3v) is 6.48. The van der Waals surface area contributed by atoms with Crippen molar-refractivity contribution < 1.29 is 23.8 Å². The highest BCUT2D eigenvalue weighted by molar-refractivity contribution is 5.95. The molecule has 0 bridgehead atoms. The molecule has 1 aliphatic rings. The number of hydrogen-bond acceptors (Lipinski definition) is 7. The fraction of sp³-hybridized carbons (Fsp3) is 0.276. The molecular weight excluding hydrogens is 470 g/mol. The molecule has 1 amide bonds. The molecular formula is C29H27N3O5. The van der Waals surface area contributed by atoms with Gasteiger partial charge in [0, 0.05) is 55.4 Å². The monoisotopic (exact) mass is 497 g/mol. The predicted molar refractivity (Wildman–Crippen MR) is 138 cm³/mol. The minimum atomic E-state index is -0.160. The first-order chi connectivity index (χ1) is 18.1. The lowest BCUT2D eigenvalue weighted by Gasteiger charge is -2.23. The Balaban J connectivity index is 1.43. The van der Waals surface area contributed by atoms with E-state index in [0.29, 0.717) is 47.0 Å². The van der Waals surface area contributed by atoms with Crippen LogP contribution in [0.15, 0.2) is 65.2 Å². The molecule has 2 aromatic heterocycles. The normalized spacial score (nSPS) is 13.9. The summed E-state index contributed by atoms with van der Waals surface area (Å²) in [6.07, 6.45) is 3.38. The summed E-state index contributed by atoms with van der Waals surface area (Å²) >= 11 is 0. The second-order valence-electron chi connectivity index (χ2n) is 8.96. The molecule has 1 saturated heterocycles. The highest BCUT2D eigenvalue weighted by Gasteiger charge is 2.19. The lowest BCUT2D eigenvalue weighted by Crippen LogP contribution is -2.29. The van der Waals surface area contributed by atoms with Crippen LogP contribution in [0.1, 0.15) is 28.8 Å². The van der Waals surface area contributed by atoms with Crippen molar-refractivity contribution in [1.82, 2.24) is 9.88 Å². The lowest BCUT2D eigenvalue weighted by molar-refractivity contribution is 0.0254. The number of furan rings is 1. The first kappa shape index (κ1) is 24.5. The number of pyridine rings is 1. The van der Waals surface area contributed by atoms with Gasteiger partial charge in [-0.15, -0.1) is 0 Å². The van der Waals surface area contributed by atoms with Crippen LogP contribution in [0.4, 0.5) is 0 Å². The molecule has 1 fully saturated rings.